The van der Waals surface area contributed by atoms with Crippen molar-refractivity contribution in [2.75, 3.05) is 19.8 Å². The predicted octanol–water partition coefficient (Wildman–Crippen LogP) is 0.369. The molecule has 0 aromatic carbocycles. The molecule has 0 amide bonds. The highest BCUT2D eigenvalue weighted by Crippen LogP contribution is 2.02. The van der Waals surface area contributed by atoms with Crippen LogP contribution in [0.15, 0.2) is 0 Å². The summed E-state index contributed by atoms with van der Waals surface area (Å²) < 4.78 is 5.22. The van der Waals surface area contributed by atoms with Crippen molar-refractivity contribution >= 4 is 0 Å². The maximum absolute atomic E-state index is 9.39. The summed E-state index contributed by atoms with van der Waals surface area (Å²) in [6.45, 7) is 7.05. The Bertz CT molecular complexity index is 102. The van der Waals surface area contributed by atoms with Crippen LogP contribution in [0.1, 0.15) is 20.8 Å². The fourth-order valence-corrected chi connectivity index (χ4v) is 0.573. The van der Waals surface area contributed by atoms with Gasteiger partial charge in [0.2, 0.25) is 0 Å². The smallest absolute Gasteiger partial charge is 0.0973 e. The van der Waals surface area contributed by atoms with Crippen LogP contribution in [0.2, 0.25) is 0 Å². The van der Waals surface area contributed by atoms with Crippen LogP contribution in [0.5, 0.6) is 0 Å². The standard InChI is InChI=1S/C8H19NO2/c1-7(2)4-11-6-8(3,10)5-9/h7,10H,4-6,9H2,1-3H3. The van der Waals surface area contributed by atoms with Gasteiger partial charge < -0.3 is 15.6 Å². The summed E-state index contributed by atoms with van der Waals surface area (Å²) >= 11 is 0. The summed E-state index contributed by atoms with van der Waals surface area (Å²) in [6, 6.07) is 0. The van der Waals surface area contributed by atoms with Gasteiger partial charge in [-0.05, 0) is 12.8 Å². The van der Waals surface area contributed by atoms with Crippen molar-refractivity contribution in [1.29, 1.82) is 0 Å². The number of rotatable bonds is 5. The third kappa shape index (κ3) is 6.28. The molecule has 0 aliphatic heterocycles. The molecule has 0 aromatic heterocycles. The Morgan fingerprint density at radius 1 is 1.55 bits per heavy atom. The van der Waals surface area contributed by atoms with Crippen LogP contribution >= 0.6 is 0 Å². The molecule has 68 valence electrons. The SMILES string of the molecule is CC(C)COCC(C)(O)CN. The molecule has 1 unspecified atom stereocenters. The molecule has 3 nitrogen and oxygen atoms in total. The van der Waals surface area contributed by atoms with E-state index in [1.54, 1.807) is 6.92 Å². The number of nitrogens with two attached hydrogens (primary N) is 1. The van der Waals surface area contributed by atoms with E-state index in [-0.39, 0.29) is 6.54 Å². The Labute approximate surface area is 68.5 Å². The molecule has 0 saturated heterocycles. The first kappa shape index (κ1) is 10.9. The van der Waals surface area contributed by atoms with E-state index in [9.17, 15) is 5.11 Å². The van der Waals surface area contributed by atoms with Gasteiger partial charge in [-0.3, -0.25) is 0 Å². The van der Waals surface area contributed by atoms with Gasteiger partial charge >= 0.3 is 0 Å². The largest absolute Gasteiger partial charge is 0.386 e. The zero-order valence-electron chi connectivity index (χ0n) is 7.63. The monoisotopic (exact) mass is 161 g/mol. The Balaban J connectivity index is 3.38. The average molecular weight is 161 g/mol. The Hall–Kier alpha value is -0.120. The highest BCUT2D eigenvalue weighted by Gasteiger charge is 2.17. The predicted molar refractivity (Wildman–Crippen MR) is 45.3 cm³/mol. The molecule has 0 aromatic rings. The van der Waals surface area contributed by atoms with Crippen LogP contribution < -0.4 is 5.73 Å². The molecule has 0 aliphatic carbocycles. The lowest BCUT2D eigenvalue weighted by atomic mass is 10.1. The average Bonchev–Trinajstić information content (AvgIpc) is 1.87. The molecule has 0 fully saturated rings. The number of hydrogen-bond donors (Lipinski definition) is 2. The zero-order chi connectivity index (χ0) is 8.91. The second kappa shape index (κ2) is 4.70. The highest BCUT2D eigenvalue weighted by atomic mass is 16.5. The lowest BCUT2D eigenvalue weighted by molar-refractivity contribution is -0.0336. The minimum absolute atomic E-state index is 0.241. The number of ether oxygens (including phenoxy) is 1. The van der Waals surface area contributed by atoms with E-state index >= 15 is 0 Å². The molecule has 0 saturated carbocycles. The third-order valence-corrected chi connectivity index (χ3v) is 1.30. The van der Waals surface area contributed by atoms with Crippen molar-refractivity contribution in [3.63, 3.8) is 0 Å². The normalized spacial score (nSPS) is 16.9. The van der Waals surface area contributed by atoms with Crippen molar-refractivity contribution in [2.24, 2.45) is 11.7 Å². The van der Waals surface area contributed by atoms with E-state index in [4.69, 9.17) is 10.5 Å². The minimum atomic E-state index is -0.866. The molecule has 0 radical (unpaired) electrons. The van der Waals surface area contributed by atoms with Gasteiger partial charge in [-0.2, -0.15) is 0 Å². The number of hydrogen-bond acceptors (Lipinski definition) is 3. The van der Waals surface area contributed by atoms with Crippen LogP contribution in [-0.2, 0) is 4.74 Å². The fraction of sp³-hybridized carbons (Fsp3) is 1.00. The first-order valence-corrected chi connectivity index (χ1v) is 3.98. The molecule has 3 heteroatoms. The lowest BCUT2D eigenvalue weighted by Crippen LogP contribution is -2.39. The van der Waals surface area contributed by atoms with Crippen molar-refractivity contribution in [2.45, 2.75) is 26.4 Å². The van der Waals surface area contributed by atoms with Crippen LogP contribution in [0.4, 0.5) is 0 Å². The molecular weight excluding hydrogens is 142 g/mol. The molecule has 0 aliphatic rings. The van der Waals surface area contributed by atoms with Crippen molar-refractivity contribution in [1.82, 2.24) is 0 Å². The van der Waals surface area contributed by atoms with Gasteiger partial charge in [-0.15, -0.1) is 0 Å². The van der Waals surface area contributed by atoms with Gasteiger partial charge in [0, 0.05) is 13.2 Å². The zero-order valence-corrected chi connectivity index (χ0v) is 7.63. The molecule has 3 N–H and O–H groups in total. The summed E-state index contributed by atoms with van der Waals surface area (Å²) in [7, 11) is 0. The Morgan fingerprint density at radius 2 is 2.09 bits per heavy atom. The number of aliphatic hydroxyl groups is 1. The topological polar surface area (TPSA) is 55.5 Å². The molecule has 0 bridgehead atoms. The van der Waals surface area contributed by atoms with Gasteiger partial charge in [0.15, 0.2) is 0 Å². The van der Waals surface area contributed by atoms with E-state index in [1.807, 2.05) is 0 Å². The van der Waals surface area contributed by atoms with Gasteiger partial charge in [-0.1, -0.05) is 13.8 Å². The first-order valence-electron chi connectivity index (χ1n) is 3.98. The quantitative estimate of drug-likeness (QED) is 0.612. The fourth-order valence-electron chi connectivity index (χ4n) is 0.573. The second-order valence-electron chi connectivity index (χ2n) is 3.61. The van der Waals surface area contributed by atoms with Crippen LogP contribution in [0.25, 0.3) is 0 Å². The van der Waals surface area contributed by atoms with Crippen molar-refractivity contribution in [3.05, 3.63) is 0 Å². The minimum Gasteiger partial charge on any atom is -0.386 e. The molecule has 0 heterocycles. The van der Waals surface area contributed by atoms with Crippen molar-refractivity contribution in [3.8, 4) is 0 Å². The van der Waals surface area contributed by atoms with Gasteiger partial charge in [0.25, 0.3) is 0 Å². The van der Waals surface area contributed by atoms with E-state index in [2.05, 4.69) is 13.8 Å². The summed E-state index contributed by atoms with van der Waals surface area (Å²) in [5.41, 5.74) is 4.43. The van der Waals surface area contributed by atoms with Crippen LogP contribution in [0, 0.1) is 5.92 Å². The molecule has 1 atom stereocenters. The highest BCUT2D eigenvalue weighted by molar-refractivity contribution is 4.71. The summed E-state index contributed by atoms with van der Waals surface area (Å²) in [6.07, 6.45) is 0. The maximum atomic E-state index is 9.39. The summed E-state index contributed by atoms with van der Waals surface area (Å²) in [5.74, 6) is 0.503. The molecule has 0 spiro atoms. The maximum Gasteiger partial charge on any atom is 0.0973 e. The third-order valence-electron chi connectivity index (χ3n) is 1.30. The van der Waals surface area contributed by atoms with Gasteiger partial charge in [0.1, 0.15) is 0 Å². The Kier molecular flexibility index (Phi) is 4.65. The van der Waals surface area contributed by atoms with Crippen molar-refractivity contribution < 1.29 is 9.84 Å². The molecule has 0 rings (SSSR count). The molecular formula is C8H19NO2. The Morgan fingerprint density at radius 3 is 2.45 bits per heavy atom. The van der Waals surface area contributed by atoms with Crippen LogP contribution in [-0.4, -0.2) is 30.5 Å². The lowest BCUT2D eigenvalue weighted by Gasteiger charge is -2.21. The van der Waals surface area contributed by atoms with E-state index in [0.29, 0.717) is 19.1 Å². The van der Waals surface area contributed by atoms with E-state index in [0.717, 1.165) is 0 Å². The second-order valence-corrected chi connectivity index (χ2v) is 3.61. The first-order chi connectivity index (χ1) is 4.98. The van der Waals surface area contributed by atoms with Gasteiger partial charge in [-0.25, -0.2) is 0 Å². The molecule has 11 heavy (non-hydrogen) atoms. The van der Waals surface area contributed by atoms with E-state index in [1.165, 1.54) is 0 Å². The van der Waals surface area contributed by atoms with Crippen LogP contribution in [0.3, 0.4) is 0 Å². The summed E-state index contributed by atoms with van der Waals surface area (Å²) in [4.78, 5) is 0. The summed E-state index contributed by atoms with van der Waals surface area (Å²) in [5, 5.41) is 9.39. The van der Waals surface area contributed by atoms with Gasteiger partial charge in [0.05, 0.1) is 12.2 Å². The van der Waals surface area contributed by atoms with E-state index < -0.39 is 5.60 Å².